The molecule has 7 nitrogen and oxygen atoms in total. The molecule has 1 fully saturated rings. The second-order valence-corrected chi connectivity index (χ2v) is 8.84. The van der Waals surface area contributed by atoms with E-state index < -0.39 is 10.0 Å². The van der Waals surface area contributed by atoms with Crippen LogP contribution in [0.4, 0.5) is 0 Å². The molecular weight excluding hydrogens is 392 g/mol. The number of quaternary nitrogens is 1. The van der Waals surface area contributed by atoms with E-state index in [1.165, 1.54) is 29.5 Å². The molecule has 1 heterocycles. The van der Waals surface area contributed by atoms with Crippen LogP contribution >= 0.6 is 0 Å². The SMILES string of the molecule is COc1ccc(OC)c(S(=O)(=O)N2CC[NH+](CCCOc3ccccc3)CC2)c1. The first-order chi connectivity index (χ1) is 14.0. The van der Waals surface area contributed by atoms with Crippen molar-refractivity contribution in [1.29, 1.82) is 0 Å². The molecule has 29 heavy (non-hydrogen) atoms. The molecule has 0 radical (unpaired) electrons. The summed E-state index contributed by atoms with van der Waals surface area (Å²) >= 11 is 0. The lowest BCUT2D eigenvalue weighted by atomic mass is 10.3. The van der Waals surface area contributed by atoms with Crippen LogP contribution in [0.25, 0.3) is 0 Å². The predicted molar refractivity (Wildman–Crippen MR) is 110 cm³/mol. The number of rotatable bonds is 9. The highest BCUT2D eigenvalue weighted by Crippen LogP contribution is 2.30. The van der Waals surface area contributed by atoms with E-state index in [0.717, 1.165) is 31.8 Å². The first-order valence-electron chi connectivity index (χ1n) is 9.78. The molecule has 0 atom stereocenters. The van der Waals surface area contributed by atoms with Gasteiger partial charge in [0.25, 0.3) is 0 Å². The van der Waals surface area contributed by atoms with Gasteiger partial charge in [-0.2, -0.15) is 4.31 Å². The molecule has 0 unspecified atom stereocenters. The standard InChI is InChI=1S/C21H28N2O5S/c1-26-19-9-10-20(27-2)21(17-19)29(24,25)23-14-12-22(13-15-23)11-6-16-28-18-7-4-3-5-8-18/h3-5,7-10,17H,6,11-16H2,1-2H3/p+1. The Balaban J connectivity index is 1.52. The summed E-state index contributed by atoms with van der Waals surface area (Å²) in [5, 5.41) is 0. The highest BCUT2D eigenvalue weighted by atomic mass is 32.2. The molecule has 0 amide bonds. The fourth-order valence-electron chi connectivity index (χ4n) is 3.45. The van der Waals surface area contributed by atoms with E-state index in [-0.39, 0.29) is 4.90 Å². The third-order valence-electron chi connectivity index (χ3n) is 5.10. The monoisotopic (exact) mass is 421 g/mol. The highest BCUT2D eigenvalue weighted by molar-refractivity contribution is 7.89. The molecule has 3 rings (SSSR count). The van der Waals surface area contributed by atoms with E-state index in [2.05, 4.69) is 0 Å². The number of piperazine rings is 1. The van der Waals surface area contributed by atoms with E-state index in [1.807, 2.05) is 30.3 Å². The maximum atomic E-state index is 13.1. The van der Waals surface area contributed by atoms with Gasteiger partial charge >= 0.3 is 0 Å². The zero-order valence-corrected chi connectivity index (χ0v) is 17.8. The zero-order chi connectivity index (χ0) is 20.7. The van der Waals surface area contributed by atoms with Gasteiger partial charge in [0.1, 0.15) is 22.1 Å². The number of hydrogen-bond donors (Lipinski definition) is 1. The number of benzene rings is 2. The van der Waals surface area contributed by atoms with Gasteiger partial charge in [0.15, 0.2) is 0 Å². The van der Waals surface area contributed by atoms with Crippen molar-refractivity contribution >= 4 is 10.0 Å². The van der Waals surface area contributed by atoms with Gasteiger partial charge in [0.2, 0.25) is 10.0 Å². The van der Waals surface area contributed by atoms with Crippen molar-refractivity contribution in [2.24, 2.45) is 0 Å². The van der Waals surface area contributed by atoms with Crippen LogP contribution in [0.5, 0.6) is 17.2 Å². The number of sulfonamides is 1. The Bertz CT molecular complexity index is 881. The molecule has 1 saturated heterocycles. The summed E-state index contributed by atoms with van der Waals surface area (Å²) in [6.07, 6.45) is 0.931. The largest absolute Gasteiger partial charge is 0.497 e. The second-order valence-electron chi connectivity index (χ2n) is 6.94. The fraction of sp³-hybridized carbons (Fsp3) is 0.429. The first kappa shape index (κ1) is 21.4. The average molecular weight is 422 g/mol. The normalized spacial score (nSPS) is 15.8. The number of nitrogens with one attached hydrogen (secondary N) is 1. The van der Waals surface area contributed by atoms with Crippen molar-refractivity contribution in [3.8, 4) is 17.2 Å². The summed E-state index contributed by atoms with van der Waals surface area (Å²) in [4.78, 5) is 1.55. The molecule has 2 aromatic carbocycles. The minimum absolute atomic E-state index is 0.152. The zero-order valence-electron chi connectivity index (χ0n) is 17.0. The van der Waals surface area contributed by atoms with E-state index >= 15 is 0 Å². The number of nitrogens with zero attached hydrogens (tertiary/aromatic N) is 1. The summed E-state index contributed by atoms with van der Waals surface area (Å²) in [5.74, 6) is 1.70. The molecule has 0 bridgehead atoms. The number of para-hydroxylation sites is 1. The maximum absolute atomic E-state index is 13.1. The molecule has 0 spiro atoms. The Morgan fingerprint density at radius 2 is 1.69 bits per heavy atom. The van der Waals surface area contributed by atoms with Gasteiger partial charge in [-0.1, -0.05) is 18.2 Å². The van der Waals surface area contributed by atoms with Crippen molar-refractivity contribution in [3.05, 3.63) is 48.5 Å². The van der Waals surface area contributed by atoms with Gasteiger partial charge in [-0.3, -0.25) is 0 Å². The van der Waals surface area contributed by atoms with Crippen LogP contribution in [-0.2, 0) is 10.0 Å². The topological polar surface area (TPSA) is 69.5 Å². The lowest BCUT2D eigenvalue weighted by Crippen LogP contribution is -3.14. The van der Waals surface area contributed by atoms with Crippen LogP contribution in [-0.4, -0.2) is 66.3 Å². The molecule has 0 saturated carbocycles. The molecule has 1 aliphatic heterocycles. The minimum Gasteiger partial charge on any atom is -0.497 e. The molecular formula is C21H29N2O5S+. The predicted octanol–water partition coefficient (Wildman–Crippen LogP) is 1.06. The summed E-state index contributed by atoms with van der Waals surface area (Å²) in [6.45, 7) is 4.14. The van der Waals surface area contributed by atoms with Gasteiger partial charge in [-0.15, -0.1) is 0 Å². The van der Waals surface area contributed by atoms with Crippen LogP contribution in [0, 0.1) is 0 Å². The highest BCUT2D eigenvalue weighted by Gasteiger charge is 2.32. The van der Waals surface area contributed by atoms with Gasteiger partial charge in [0, 0.05) is 12.5 Å². The van der Waals surface area contributed by atoms with Gasteiger partial charge < -0.3 is 19.1 Å². The van der Waals surface area contributed by atoms with Gasteiger partial charge in [0.05, 0.1) is 53.6 Å². The Labute approximate surface area is 172 Å². The van der Waals surface area contributed by atoms with Crippen LogP contribution in [0.1, 0.15) is 6.42 Å². The van der Waals surface area contributed by atoms with Crippen molar-refractivity contribution in [2.45, 2.75) is 11.3 Å². The molecule has 0 aromatic heterocycles. The lowest BCUT2D eigenvalue weighted by Gasteiger charge is -2.31. The summed E-state index contributed by atoms with van der Waals surface area (Å²) in [6, 6.07) is 14.6. The average Bonchev–Trinajstić information content (AvgIpc) is 2.77. The van der Waals surface area contributed by atoms with E-state index in [4.69, 9.17) is 14.2 Å². The van der Waals surface area contributed by atoms with Crippen molar-refractivity contribution in [2.75, 3.05) is 53.6 Å². The Morgan fingerprint density at radius 1 is 0.966 bits per heavy atom. The number of hydrogen-bond acceptors (Lipinski definition) is 5. The summed E-state index contributed by atoms with van der Waals surface area (Å²) in [5.41, 5.74) is 0. The van der Waals surface area contributed by atoms with Crippen LogP contribution in [0.15, 0.2) is 53.4 Å². The van der Waals surface area contributed by atoms with Crippen LogP contribution < -0.4 is 19.1 Å². The van der Waals surface area contributed by atoms with Crippen molar-refractivity contribution in [1.82, 2.24) is 4.31 Å². The number of methoxy groups -OCH3 is 2. The molecule has 1 aliphatic rings. The van der Waals surface area contributed by atoms with Crippen LogP contribution in [0.2, 0.25) is 0 Å². The minimum atomic E-state index is -3.63. The van der Waals surface area contributed by atoms with Crippen molar-refractivity contribution < 1.29 is 27.5 Å². The lowest BCUT2D eigenvalue weighted by molar-refractivity contribution is -0.903. The fourth-order valence-corrected chi connectivity index (χ4v) is 5.06. The van der Waals surface area contributed by atoms with E-state index in [0.29, 0.717) is 31.2 Å². The Kier molecular flexibility index (Phi) is 7.35. The third-order valence-corrected chi connectivity index (χ3v) is 7.02. The van der Waals surface area contributed by atoms with Gasteiger partial charge in [-0.25, -0.2) is 8.42 Å². The maximum Gasteiger partial charge on any atom is 0.247 e. The van der Waals surface area contributed by atoms with Crippen LogP contribution in [0.3, 0.4) is 0 Å². The second kappa shape index (κ2) is 9.96. The van der Waals surface area contributed by atoms with E-state index in [9.17, 15) is 8.42 Å². The molecule has 8 heteroatoms. The first-order valence-corrected chi connectivity index (χ1v) is 11.2. The van der Waals surface area contributed by atoms with Gasteiger partial charge in [-0.05, 0) is 24.3 Å². The number of ether oxygens (including phenoxy) is 3. The Hall–Kier alpha value is -2.29. The molecule has 2 aromatic rings. The van der Waals surface area contributed by atoms with E-state index in [1.54, 1.807) is 12.1 Å². The smallest absolute Gasteiger partial charge is 0.247 e. The molecule has 1 N–H and O–H groups in total. The molecule has 0 aliphatic carbocycles. The summed E-state index contributed by atoms with van der Waals surface area (Å²) < 4.78 is 44.0. The Morgan fingerprint density at radius 3 is 2.34 bits per heavy atom. The molecule has 158 valence electrons. The van der Waals surface area contributed by atoms with Crippen molar-refractivity contribution in [3.63, 3.8) is 0 Å². The third kappa shape index (κ3) is 5.41. The summed E-state index contributed by atoms with van der Waals surface area (Å²) in [7, 11) is -0.643. The quantitative estimate of drug-likeness (QED) is 0.614.